The SMILES string of the molecule is COc1ccc(-c2cnc(C(F)(F)F)nc2NC2CCCC2)cc1.COc1ccc(B(O)O)cc1.FC(F)(F)c1ncc(Br)c(NC2CCCC2)n1. The number of anilines is 2. The van der Waals surface area contributed by atoms with Crippen LogP contribution in [0.2, 0.25) is 0 Å². The quantitative estimate of drug-likeness (QED) is 0.105. The highest BCUT2D eigenvalue weighted by Gasteiger charge is 2.36. The molecule has 0 spiro atoms. The molecule has 0 unspecified atom stereocenters. The van der Waals surface area contributed by atoms with Gasteiger partial charge in [-0.15, -0.1) is 0 Å². The van der Waals surface area contributed by atoms with Gasteiger partial charge in [0.05, 0.1) is 18.7 Å². The van der Waals surface area contributed by atoms with Crippen LogP contribution in [-0.2, 0) is 12.4 Å². The molecule has 0 aliphatic heterocycles. The third-order valence-electron chi connectivity index (χ3n) is 8.25. The molecule has 0 atom stereocenters. The highest BCUT2D eigenvalue weighted by atomic mass is 79.9. The van der Waals surface area contributed by atoms with Crippen LogP contribution < -0.4 is 25.6 Å². The van der Waals surface area contributed by atoms with Gasteiger partial charge in [0.1, 0.15) is 23.1 Å². The first-order chi connectivity index (χ1) is 24.7. The maximum absolute atomic E-state index is 12.9. The van der Waals surface area contributed by atoms with Gasteiger partial charge >= 0.3 is 19.5 Å². The van der Waals surface area contributed by atoms with Gasteiger partial charge in [-0.25, -0.2) is 19.9 Å². The minimum atomic E-state index is -4.56. The summed E-state index contributed by atoms with van der Waals surface area (Å²) in [5.41, 5.74) is 1.76. The van der Waals surface area contributed by atoms with Crippen molar-refractivity contribution in [3.8, 4) is 22.6 Å². The van der Waals surface area contributed by atoms with Crippen molar-refractivity contribution < 1.29 is 45.9 Å². The van der Waals surface area contributed by atoms with E-state index in [0.29, 0.717) is 27.0 Å². The van der Waals surface area contributed by atoms with Gasteiger partial charge in [0, 0.05) is 30.0 Å². The van der Waals surface area contributed by atoms with Crippen LogP contribution in [-0.4, -0.2) is 63.4 Å². The molecule has 2 aliphatic rings. The number of nitrogens with one attached hydrogen (secondary N) is 2. The lowest BCUT2D eigenvalue weighted by Gasteiger charge is -2.17. The predicted molar refractivity (Wildman–Crippen MR) is 188 cm³/mol. The second-order valence-corrected chi connectivity index (χ2v) is 12.8. The van der Waals surface area contributed by atoms with Crippen molar-refractivity contribution in [1.29, 1.82) is 0 Å². The molecule has 4 aromatic rings. The Morgan fingerprint density at radius 1 is 0.673 bits per heavy atom. The summed E-state index contributed by atoms with van der Waals surface area (Å²) >= 11 is 3.15. The molecule has 2 aromatic carbocycles. The molecular weight excluding hydrogens is 761 g/mol. The van der Waals surface area contributed by atoms with Crippen LogP contribution in [0.25, 0.3) is 11.1 Å². The van der Waals surface area contributed by atoms with Crippen molar-refractivity contribution >= 4 is 40.1 Å². The predicted octanol–water partition coefficient (Wildman–Crippen LogP) is 7.51. The summed E-state index contributed by atoms with van der Waals surface area (Å²) in [4.78, 5) is 14.0. The van der Waals surface area contributed by atoms with Crippen LogP contribution in [0.3, 0.4) is 0 Å². The van der Waals surface area contributed by atoms with E-state index in [1.165, 1.54) is 6.20 Å². The first-order valence-corrected chi connectivity index (χ1v) is 17.2. The van der Waals surface area contributed by atoms with Gasteiger partial charge in [0.25, 0.3) is 0 Å². The molecule has 280 valence electrons. The van der Waals surface area contributed by atoms with Crippen molar-refractivity contribution in [3.63, 3.8) is 0 Å². The van der Waals surface area contributed by atoms with Gasteiger partial charge in [0.15, 0.2) is 0 Å². The van der Waals surface area contributed by atoms with Gasteiger partial charge < -0.3 is 30.2 Å². The van der Waals surface area contributed by atoms with Gasteiger partial charge in [-0.05, 0) is 76.9 Å². The first-order valence-electron chi connectivity index (χ1n) is 16.4. The molecule has 2 heterocycles. The number of rotatable bonds is 8. The number of ether oxygens (including phenoxy) is 2. The van der Waals surface area contributed by atoms with Crippen molar-refractivity contribution in [2.24, 2.45) is 0 Å². The molecule has 2 saturated carbocycles. The minimum Gasteiger partial charge on any atom is -0.497 e. The van der Waals surface area contributed by atoms with Crippen molar-refractivity contribution in [1.82, 2.24) is 19.9 Å². The lowest BCUT2D eigenvalue weighted by molar-refractivity contribution is -0.145. The molecule has 4 N–H and O–H groups in total. The van der Waals surface area contributed by atoms with E-state index in [1.807, 2.05) is 0 Å². The average molecular weight is 799 g/mol. The summed E-state index contributed by atoms with van der Waals surface area (Å²) in [6, 6.07) is 14.0. The Morgan fingerprint density at radius 3 is 1.54 bits per heavy atom. The molecule has 2 aromatic heterocycles. The van der Waals surface area contributed by atoms with E-state index in [4.69, 9.17) is 19.5 Å². The number of nitrogens with zero attached hydrogens (tertiary/aromatic N) is 4. The fraction of sp³-hybridized carbons (Fsp3) is 0.412. The highest BCUT2D eigenvalue weighted by Crippen LogP contribution is 2.34. The smallest absolute Gasteiger partial charge is 0.488 e. The number of hydrogen-bond donors (Lipinski definition) is 4. The molecule has 2 fully saturated rings. The summed E-state index contributed by atoms with van der Waals surface area (Å²) in [6.07, 6.45) is 1.47. The van der Waals surface area contributed by atoms with E-state index in [2.05, 4.69) is 46.5 Å². The lowest BCUT2D eigenvalue weighted by Crippen LogP contribution is -2.29. The standard InChI is InChI=1S/C17H18F3N3O.C10H11BrF3N3.C7H9BO3/c1-24-13-8-6-11(7-9-13)14-10-21-16(17(18,19)20)23-15(14)22-12-4-2-3-5-12;11-7-5-15-9(10(12,13)14)17-8(7)16-6-3-1-2-4-6;1-11-7-4-2-6(3-5-7)8(9)10/h6-10,12H,2-5H2,1H3,(H,21,22,23);5-6H,1-4H2,(H,15,16,17);2-5,9-10H,1H3. The lowest BCUT2D eigenvalue weighted by atomic mass is 9.80. The summed E-state index contributed by atoms with van der Waals surface area (Å²) in [5.74, 6) is -0.402. The normalized spacial score (nSPS) is 14.8. The third-order valence-corrected chi connectivity index (χ3v) is 8.83. The highest BCUT2D eigenvalue weighted by molar-refractivity contribution is 9.10. The third kappa shape index (κ3) is 11.9. The van der Waals surface area contributed by atoms with E-state index in [1.54, 1.807) is 62.8 Å². The van der Waals surface area contributed by atoms with Crippen LogP contribution in [0.5, 0.6) is 11.5 Å². The Labute approximate surface area is 305 Å². The molecule has 0 amide bonds. The van der Waals surface area contributed by atoms with Crippen LogP contribution >= 0.6 is 15.9 Å². The van der Waals surface area contributed by atoms with Gasteiger partial charge in [-0.2, -0.15) is 26.3 Å². The number of hydrogen-bond acceptors (Lipinski definition) is 10. The first kappa shape index (κ1) is 40.6. The number of halogens is 7. The number of benzene rings is 2. The Bertz CT molecular complexity index is 1710. The Kier molecular flexibility index (Phi) is 14.5. The molecule has 0 bridgehead atoms. The van der Waals surface area contributed by atoms with Crippen molar-refractivity contribution in [3.05, 3.63) is 77.0 Å². The van der Waals surface area contributed by atoms with E-state index in [9.17, 15) is 26.3 Å². The fourth-order valence-corrected chi connectivity index (χ4v) is 5.82. The average Bonchev–Trinajstić information content (AvgIpc) is 3.84. The number of alkyl halides is 6. The van der Waals surface area contributed by atoms with Crippen molar-refractivity contribution in [2.75, 3.05) is 24.9 Å². The molecule has 0 saturated heterocycles. The van der Waals surface area contributed by atoms with Gasteiger partial charge in [-0.1, -0.05) is 49.9 Å². The second-order valence-electron chi connectivity index (χ2n) is 12.0. The van der Waals surface area contributed by atoms with Crippen LogP contribution in [0.15, 0.2) is 65.4 Å². The Hall–Kier alpha value is -4.16. The Balaban J connectivity index is 0.000000188. The zero-order chi connectivity index (χ0) is 37.9. The minimum absolute atomic E-state index is 0.151. The molecule has 2 aliphatic carbocycles. The second kappa shape index (κ2) is 18.6. The summed E-state index contributed by atoms with van der Waals surface area (Å²) < 4.78 is 86.6. The fourth-order valence-electron chi connectivity index (χ4n) is 5.52. The van der Waals surface area contributed by atoms with Crippen LogP contribution in [0, 0.1) is 0 Å². The van der Waals surface area contributed by atoms with Gasteiger partial charge in [-0.3, -0.25) is 0 Å². The number of aromatic nitrogens is 4. The summed E-state index contributed by atoms with van der Waals surface area (Å²) in [6.45, 7) is 0. The zero-order valence-corrected chi connectivity index (χ0v) is 29.9. The molecule has 18 heteroatoms. The van der Waals surface area contributed by atoms with E-state index in [0.717, 1.165) is 63.1 Å². The van der Waals surface area contributed by atoms with Gasteiger partial charge in [0.2, 0.25) is 11.6 Å². The maximum atomic E-state index is 12.9. The topological polar surface area (TPSA) is 135 Å². The molecule has 6 rings (SSSR count). The summed E-state index contributed by atoms with van der Waals surface area (Å²) in [7, 11) is 1.72. The largest absolute Gasteiger partial charge is 0.497 e. The molecular formula is C34H38BBrF6N6O4. The van der Waals surface area contributed by atoms with Crippen LogP contribution in [0.4, 0.5) is 38.0 Å². The molecule has 0 radical (unpaired) electrons. The number of methoxy groups -OCH3 is 2. The maximum Gasteiger partial charge on any atom is 0.488 e. The van der Waals surface area contributed by atoms with E-state index >= 15 is 0 Å². The molecule has 52 heavy (non-hydrogen) atoms. The molecule has 10 nitrogen and oxygen atoms in total. The summed E-state index contributed by atoms with van der Waals surface area (Å²) in [5, 5.41) is 23.6. The zero-order valence-electron chi connectivity index (χ0n) is 28.3. The monoisotopic (exact) mass is 798 g/mol. The van der Waals surface area contributed by atoms with E-state index < -0.39 is 31.1 Å². The van der Waals surface area contributed by atoms with Crippen molar-refractivity contribution in [2.45, 2.75) is 75.8 Å². The van der Waals surface area contributed by atoms with E-state index in [-0.39, 0.29) is 23.7 Å². The van der Waals surface area contributed by atoms with Crippen LogP contribution in [0.1, 0.15) is 63.0 Å². The Morgan fingerprint density at radius 2 is 1.10 bits per heavy atom.